The van der Waals surface area contributed by atoms with Gasteiger partial charge < -0.3 is 19.6 Å². The van der Waals surface area contributed by atoms with E-state index < -0.39 is 0 Å². The minimum Gasteiger partial charge on any atom is -0.348 e. The van der Waals surface area contributed by atoms with Crippen LogP contribution in [0.2, 0.25) is 5.02 Å². The van der Waals surface area contributed by atoms with Crippen molar-refractivity contribution in [1.29, 1.82) is 0 Å². The smallest absolute Gasteiger partial charge is 0.225 e. The van der Waals surface area contributed by atoms with Gasteiger partial charge >= 0.3 is 0 Å². The van der Waals surface area contributed by atoms with E-state index in [9.17, 15) is 0 Å². The summed E-state index contributed by atoms with van der Waals surface area (Å²) in [7, 11) is 6.16. The zero-order chi connectivity index (χ0) is 19.7. The summed E-state index contributed by atoms with van der Waals surface area (Å²) in [5, 5.41) is 0.769. The summed E-state index contributed by atoms with van der Waals surface area (Å²) in [6.07, 6.45) is 10.3. The van der Waals surface area contributed by atoms with Gasteiger partial charge in [-0.15, -0.1) is 0 Å². The molecule has 0 N–H and O–H groups in total. The zero-order valence-corrected chi connectivity index (χ0v) is 17.5. The van der Waals surface area contributed by atoms with Crippen LogP contribution in [0.3, 0.4) is 0 Å². The number of hydrogen-bond donors (Lipinski definition) is 0. The molecule has 1 saturated heterocycles. The normalized spacial score (nSPS) is 17.4. The van der Waals surface area contributed by atoms with Gasteiger partial charge in [0.2, 0.25) is 5.95 Å². The van der Waals surface area contributed by atoms with Crippen LogP contribution in [0.1, 0.15) is 18.4 Å². The van der Waals surface area contributed by atoms with Crippen LogP contribution < -0.4 is 14.7 Å². The maximum Gasteiger partial charge on any atom is 0.225 e. The molecule has 4 rings (SSSR count). The maximum atomic E-state index is 6.21. The van der Waals surface area contributed by atoms with Crippen LogP contribution in [0, 0.1) is 0 Å². The minimum absolute atomic E-state index is 0.467. The Balaban J connectivity index is 1.43. The Kier molecular flexibility index (Phi) is 5.42. The van der Waals surface area contributed by atoms with E-state index in [1.807, 2.05) is 24.5 Å². The van der Waals surface area contributed by atoms with Crippen LogP contribution in [0.25, 0.3) is 0 Å². The van der Waals surface area contributed by atoms with Gasteiger partial charge in [0.15, 0.2) is 0 Å². The number of nitrogens with zero attached hydrogens (tertiary/aromatic N) is 6. The fourth-order valence-corrected chi connectivity index (χ4v) is 4.12. The highest BCUT2D eigenvalue weighted by molar-refractivity contribution is 6.31. The average molecular weight is 399 g/mol. The van der Waals surface area contributed by atoms with Crippen molar-refractivity contribution in [2.45, 2.75) is 25.4 Å². The van der Waals surface area contributed by atoms with Gasteiger partial charge in [0, 0.05) is 68.1 Å². The third-order valence-electron chi connectivity index (χ3n) is 5.38. The molecular formula is C21H27ClN6. The summed E-state index contributed by atoms with van der Waals surface area (Å²) in [6, 6.07) is 6.59. The Labute approximate surface area is 172 Å². The number of anilines is 3. The maximum absolute atomic E-state index is 6.21. The number of benzene rings is 1. The summed E-state index contributed by atoms with van der Waals surface area (Å²) < 4.78 is 0. The van der Waals surface area contributed by atoms with Gasteiger partial charge in [-0.3, -0.25) is 0 Å². The Morgan fingerprint density at radius 3 is 2.46 bits per heavy atom. The van der Waals surface area contributed by atoms with Gasteiger partial charge in [-0.1, -0.05) is 11.6 Å². The molecule has 2 aliphatic heterocycles. The largest absolute Gasteiger partial charge is 0.348 e. The van der Waals surface area contributed by atoms with E-state index in [1.54, 1.807) is 0 Å². The quantitative estimate of drug-likeness (QED) is 0.783. The van der Waals surface area contributed by atoms with Crippen molar-refractivity contribution in [3.63, 3.8) is 0 Å². The molecule has 0 aliphatic carbocycles. The first-order chi connectivity index (χ1) is 13.5. The summed E-state index contributed by atoms with van der Waals surface area (Å²) in [5.74, 6) is 0.835. The molecule has 28 heavy (non-hydrogen) atoms. The molecule has 2 aromatic rings. The molecule has 0 spiro atoms. The molecule has 2 aliphatic rings. The molecule has 1 aromatic carbocycles. The Bertz CT molecular complexity index is 842. The Morgan fingerprint density at radius 1 is 1.07 bits per heavy atom. The van der Waals surface area contributed by atoms with E-state index in [2.05, 4.69) is 69.2 Å². The number of hydrogen-bond acceptors (Lipinski definition) is 6. The SMILES string of the molecule is CN(C)Cc1cnc(N2CCC(N3C=CN(C)c4cc(Cl)ccc43)CC2)nc1. The molecule has 0 amide bonds. The number of aromatic nitrogens is 2. The predicted molar refractivity (Wildman–Crippen MR) is 116 cm³/mol. The van der Waals surface area contributed by atoms with Crippen LogP contribution >= 0.6 is 11.6 Å². The van der Waals surface area contributed by atoms with Crippen LogP contribution in [0.5, 0.6) is 0 Å². The lowest BCUT2D eigenvalue weighted by Crippen LogP contribution is -2.44. The van der Waals surface area contributed by atoms with E-state index in [1.165, 1.54) is 5.69 Å². The fourth-order valence-electron chi connectivity index (χ4n) is 3.95. The second-order valence-corrected chi connectivity index (χ2v) is 8.23. The average Bonchev–Trinajstić information content (AvgIpc) is 2.69. The van der Waals surface area contributed by atoms with Gasteiger partial charge in [0.1, 0.15) is 0 Å². The topological polar surface area (TPSA) is 38.7 Å². The van der Waals surface area contributed by atoms with Crippen molar-refractivity contribution in [3.8, 4) is 0 Å². The lowest BCUT2D eigenvalue weighted by Gasteiger charge is -2.41. The van der Waals surface area contributed by atoms with Gasteiger partial charge in [0.05, 0.1) is 11.4 Å². The molecule has 3 heterocycles. The van der Waals surface area contributed by atoms with E-state index in [0.29, 0.717) is 6.04 Å². The molecule has 7 heteroatoms. The zero-order valence-electron chi connectivity index (χ0n) is 16.7. The highest BCUT2D eigenvalue weighted by atomic mass is 35.5. The number of piperidine rings is 1. The van der Waals surface area contributed by atoms with Gasteiger partial charge in [-0.25, -0.2) is 9.97 Å². The Hall–Kier alpha value is -2.31. The van der Waals surface area contributed by atoms with Crippen LogP contribution in [-0.4, -0.2) is 55.1 Å². The van der Waals surface area contributed by atoms with Crippen molar-refractivity contribution in [3.05, 3.63) is 53.6 Å². The molecule has 0 saturated carbocycles. The molecule has 0 unspecified atom stereocenters. The van der Waals surface area contributed by atoms with Crippen molar-refractivity contribution < 1.29 is 0 Å². The van der Waals surface area contributed by atoms with Crippen molar-refractivity contribution in [1.82, 2.24) is 14.9 Å². The first kappa shape index (κ1) is 19.0. The van der Waals surface area contributed by atoms with Crippen molar-refractivity contribution >= 4 is 28.9 Å². The lowest BCUT2D eigenvalue weighted by atomic mass is 10.0. The highest BCUT2D eigenvalue weighted by Crippen LogP contribution is 2.37. The summed E-state index contributed by atoms with van der Waals surface area (Å²) in [5.41, 5.74) is 3.51. The second-order valence-electron chi connectivity index (χ2n) is 7.80. The Morgan fingerprint density at radius 2 is 1.79 bits per heavy atom. The van der Waals surface area contributed by atoms with E-state index in [4.69, 9.17) is 11.6 Å². The molecule has 0 radical (unpaired) electrons. The molecular weight excluding hydrogens is 372 g/mol. The van der Waals surface area contributed by atoms with Crippen molar-refractivity contribution in [2.75, 3.05) is 48.9 Å². The minimum atomic E-state index is 0.467. The predicted octanol–water partition coefficient (Wildman–Crippen LogP) is 3.59. The van der Waals surface area contributed by atoms with Gasteiger partial charge in [0.25, 0.3) is 0 Å². The van der Waals surface area contributed by atoms with Crippen molar-refractivity contribution in [2.24, 2.45) is 0 Å². The standard InChI is InChI=1S/C21H27ClN6/c1-25(2)15-16-13-23-21(24-14-16)27-8-6-18(7-9-27)28-11-10-26(3)20-12-17(22)4-5-19(20)28/h4-5,10-14,18H,6-9,15H2,1-3H3. The molecule has 1 fully saturated rings. The number of rotatable bonds is 4. The first-order valence-corrected chi connectivity index (χ1v) is 10.1. The summed E-state index contributed by atoms with van der Waals surface area (Å²) in [4.78, 5) is 18.1. The van der Waals surface area contributed by atoms with E-state index in [0.717, 1.165) is 54.7 Å². The summed E-state index contributed by atoms with van der Waals surface area (Å²) >= 11 is 6.21. The molecule has 1 aromatic heterocycles. The third kappa shape index (κ3) is 3.93. The van der Waals surface area contributed by atoms with Crippen LogP contribution in [0.15, 0.2) is 43.0 Å². The van der Waals surface area contributed by atoms with Crippen LogP contribution in [-0.2, 0) is 6.54 Å². The lowest BCUT2D eigenvalue weighted by molar-refractivity contribution is 0.401. The van der Waals surface area contributed by atoms with Gasteiger partial charge in [-0.2, -0.15) is 0 Å². The highest BCUT2D eigenvalue weighted by Gasteiger charge is 2.28. The van der Waals surface area contributed by atoms with Gasteiger partial charge in [-0.05, 0) is 45.1 Å². The number of halogens is 1. The second kappa shape index (κ2) is 7.97. The monoisotopic (exact) mass is 398 g/mol. The molecule has 6 nitrogen and oxygen atoms in total. The van der Waals surface area contributed by atoms with E-state index >= 15 is 0 Å². The number of fused-ring (bicyclic) bond motifs is 1. The summed E-state index contributed by atoms with van der Waals surface area (Å²) in [6.45, 7) is 2.78. The molecule has 0 atom stereocenters. The fraction of sp³-hybridized carbons (Fsp3) is 0.429. The molecule has 0 bridgehead atoms. The molecule has 148 valence electrons. The third-order valence-corrected chi connectivity index (χ3v) is 5.61. The van der Waals surface area contributed by atoms with E-state index in [-0.39, 0.29) is 0 Å². The first-order valence-electron chi connectivity index (χ1n) is 9.71. The van der Waals surface area contributed by atoms with Crippen LogP contribution in [0.4, 0.5) is 17.3 Å².